The lowest BCUT2D eigenvalue weighted by Crippen LogP contribution is -2.29. The van der Waals surface area contributed by atoms with Gasteiger partial charge in [-0.2, -0.15) is 0 Å². The Morgan fingerprint density at radius 1 is 1.22 bits per heavy atom. The van der Waals surface area contributed by atoms with Gasteiger partial charge < -0.3 is 19.5 Å². The summed E-state index contributed by atoms with van der Waals surface area (Å²) in [5.41, 5.74) is 3.86. The van der Waals surface area contributed by atoms with Crippen LogP contribution in [-0.4, -0.2) is 55.2 Å². The molecular weight excluding hydrogens is 462 g/mol. The number of pyridine rings is 1. The number of carbonyl (C=O) groups excluding carboxylic acids is 1. The summed E-state index contributed by atoms with van der Waals surface area (Å²) in [5.74, 6) is -0.560. The van der Waals surface area contributed by atoms with Crippen LogP contribution in [0.2, 0.25) is 0 Å². The summed E-state index contributed by atoms with van der Waals surface area (Å²) in [4.78, 5) is 29.8. The lowest BCUT2D eigenvalue weighted by atomic mass is 9.87. The van der Waals surface area contributed by atoms with Crippen molar-refractivity contribution in [1.82, 2.24) is 24.9 Å². The number of amides is 1. The smallest absolute Gasteiger partial charge is 0.410 e. The van der Waals surface area contributed by atoms with Gasteiger partial charge >= 0.3 is 12.1 Å². The Bertz CT molecular complexity index is 1210. The van der Waals surface area contributed by atoms with Crippen LogP contribution in [0.4, 0.5) is 4.79 Å². The first kappa shape index (κ1) is 25.2. The second-order valence-electron chi connectivity index (χ2n) is 9.23. The molecule has 1 N–H and O–H groups in total. The molecule has 3 aromatic rings. The number of carboxylic acid groups (broad SMARTS) is 1. The first-order chi connectivity index (χ1) is 17.3. The zero-order valence-electron chi connectivity index (χ0n) is 20.8. The molecule has 10 nitrogen and oxygen atoms in total. The summed E-state index contributed by atoms with van der Waals surface area (Å²) < 4.78 is 13.1. The zero-order valence-corrected chi connectivity index (χ0v) is 20.8. The third kappa shape index (κ3) is 6.18. The summed E-state index contributed by atoms with van der Waals surface area (Å²) in [6, 6.07) is 11.5. The minimum Gasteiger partial charge on any atom is -0.489 e. The van der Waals surface area contributed by atoms with Crippen molar-refractivity contribution < 1.29 is 24.2 Å². The van der Waals surface area contributed by atoms with Crippen LogP contribution in [0.1, 0.15) is 42.5 Å². The molecule has 0 spiro atoms. The fraction of sp³-hybridized carbons (Fsp3) is 0.423. The van der Waals surface area contributed by atoms with E-state index in [-0.39, 0.29) is 18.6 Å². The molecule has 2 heterocycles. The molecule has 1 aliphatic rings. The topological polar surface area (TPSA) is 120 Å². The second kappa shape index (κ2) is 11.2. The SMILES string of the molecule is Cc1cccc(CN(C)C(=O)OCc2c(-c3ccc(O[C@H]4CCC[C@H](C(=O)O)C4)cn3)nnn2C)c1. The highest BCUT2D eigenvalue weighted by molar-refractivity contribution is 5.70. The van der Waals surface area contributed by atoms with Crippen LogP contribution in [0.3, 0.4) is 0 Å². The van der Waals surface area contributed by atoms with Gasteiger partial charge in [0.25, 0.3) is 0 Å². The summed E-state index contributed by atoms with van der Waals surface area (Å²) in [6.45, 7) is 2.44. The van der Waals surface area contributed by atoms with Crippen molar-refractivity contribution >= 4 is 12.1 Å². The van der Waals surface area contributed by atoms with Gasteiger partial charge in [-0.1, -0.05) is 35.0 Å². The van der Waals surface area contributed by atoms with Crippen molar-refractivity contribution in [2.24, 2.45) is 13.0 Å². The number of carboxylic acids is 1. The zero-order chi connectivity index (χ0) is 25.7. The number of aromatic nitrogens is 4. The molecule has 1 saturated carbocycles. The summed E-state index contributed by atoms with van der Waals surface area (Å²) in [6.07, 6.45) is 3.84. The molecule has 1 aliphatic carbocycles. The van der Waals surface area contributed by atoms with Crippen LogP contribution >= 0.6 is 0 Å². The maximum atomic E-state index is 12.6. The van der Waals surface area contributed by atoms with Crippen LogP contribution in [0.5, 0.6) is 5.75 Å². The fourth-order valence-electron chi connectivity index (χ4n) is 4.39. The molecular formula is C26H31N5O5. The molecule has 1 aromatic carbocycles. The van der Waals surface area contributed by atoms with E-state index in [1.54, 1.807) is 37.1 Å². The fourth-order valence-corrected chi connectivity index (χ4v) is 4.39. The van der Waals surface area contributed by atoms with E-state index in [2.05, 4.69) is 15.3 Å². The maximum absolute atomic E-state index is 12.6. The minimum absolute atomic E-state index is 0.00555. The van der Waals surface area contributed by atoms with Crippen molar-refractivity contribution in [1.29, 1.82) is 0 Å². The first-order valence-corrected chi connectivity index (χ1v) is 12.0. The molecule has 2 atom stereocenters. The highest BCUT2D eigenvalue weighted by Gasteiger charge is 2.28. The number of benzene rings is 1. The Hall–Kier alpha value is -3.95. The molecule has 0 aliphatic heterocycles. The van der Waals surface area contributed by atoms with Crippen molar-refractivity contribution in [2.75, 3.05) is 7.05 Å². The molecule has 0 bridgehead atoms. The number of rotatable bonds is 8. The van der Waals surface area contributed by atoms with Gasteiger partial charge in [-0.05, 0) is 50.3 Å². The van der Waals surface area contributed by atoms with Gasteiger partial charge in [0.15, 0.2) is 0 Å². The molecule has 0 unspecified atom stereocenters. The van der Waals surface area contributed by atoms with E-state index in [1.807, 2.05) is 31.2 Å². The maximum Gasteiger partial charge on any atom is 0.410 e. The quantitative estimate of drug-likeness (QED) is 0.500. The van der Waals surface area contributed by atoms with Crippen molar-refractivity contribution in [2.45, 2.75) is 51.9 Å². The molecule has 0 radical (unpaired) electrons. The number of nitrogens with zero attached hydrogens (tertiary/aromatic N) is 5. The Balaban J connectivity index is 1.37. The van der Waals surface area contributed by atoms with Crippen LogP contribution in [0, 0.1) is 12.8 Å². The standard InChI is InChI=1S/C26H31N5O5/c1-17-6-4-7-18(12-17)15-30(2)26(34)35-16-23-24(28-29-31(23)3)22-11-10-21(14-27-22)36-20-9-5-8-19(13-20)25(32)33/h4,6-7,10-12,14,19-20H,5,8-9,13,15-16H2,1-3H3,(H,32,33)/t19-,20-/m0/s1. The van der Waals surface area contributed by atoms with Gasteiger partial charge in [-0.15, -0.1) is 5.10 Å². The first-order valence-electron chi connectivity index (χ1n) is 12.0. The number of ether oxygens (including phenoxy) is 2. The highest BCUT2D eigenvalue weighted by atomic mass is 16.6. The number of aliphatic carboxylic acids is 1. The van der Waals surface area contributed by atoms with Gasteiger partial charge in [-0.3, -0.25) is 9.78 Å². The lowest BCUT2D eigenvalue weighted by molar-refractivity contribution is -0.143. The molecule has 1 fully saturated rings. The Morgan fingerprint density at radius 3 is 2.78 bits per heavy atom. The van der Waals surface area contributed by atoms with E-state index in [1.165, 1.54) is 4.90 Å². The predicted octanol–water partition coefficient (Wildman–Crippen LogP) is 3.98. The van der Waals surface area contributed by atoms with Crippen LogP contribution in [0.15, 0.2) is 42.6 Å². The molecule has 4 rings (SSSR count). The van der Waals surface area contributed by atoms with Gasteiger partial charge in [0.05, 0.1) is 23.9 Å². The molecule has 10 heteroatoms. The molecule has 2 aromatic heterocycles. The minimum atomic E-state index is -0.769. The van der Waals surface area contributed by atoms with Crippen molar-refractivity contribution in [3.05, 3.63) is 59.4 Å². The normalized spacial score (nSPS) is 17.4. The number of hydrogen-bond donors (Lipinski definition) is 1. The Kier molecular flexibility index (Phi) is 7.82. The van der Waals surface area contributed by atoms with Crippen molar-refractivity contribution in [3.8, 4) is 17.1 Å². The van der Waals surface area contributed by atoms with E-state index in [0.717, 1.165) is 24.0 Å². The lowest BCUT2D eigenvalue weighted by Gasteiger charge is -2.27. The summed E-state index contributed by atoms with van der Waals surface area (Å²) in [7, 11) is 3.42. The van der Waals surface area contributed by atoms with Crippen molar-refractivity contribution in [3.63, 3.8) is 0 Å². The predicted molar refractivity (Wildman–Crippen MR) is 131 cm³/mol. The number of hydrogen-bond acceptors (Lipinski definition) is 7. The largest absolute Gasteiger partial charge is 0.489 e. The average molecular weight is 494 g/mol. The number of carbonyl (C=O) groups is 2. The third-order valence-corrected chi connectivity index (χ3v) is 6.35. The number of aryl methyl sites for hydroxylation is 2. The summed E-state index contributed by atoms with van der Waals surface area (Å²) >= 11 is 0. The van der Waals surface area contributed by atoms with E-state index < -0.39 is 12.1 Å². The van der Waals surface area contributed by atoms with E-state index in [9.17, 15) is 14.7 Å². The van der Waals surface area contributed by atoms with Gasteiger partial charge in [-0.25, -0.2) is 9.48 Å². The Morgan fingerprint density at radius 2 is 2.06 bits per heavy atom. The van der Waals surface area contributed by atoms with Crippen LogP contribution < -0.4 is 4.74 Å². The van der Waals surface area contributed by atoms with Gasteiger partial charge in [0, 0.05) is 20.6 Å². The average Bonchev–Trinajstić information content (AvgIpc) is 3.23. The van der Waals surface area contributed by atoms with Crippen LogP contribution in [-0.2, 0) is 29.7 Å². The van der Waals surface area contributed by atoms with Gasteiger partial charge in [0.2, 0.25) is 0 Å². The second-order valence-corrected chi connectivity index (χ2v) is 9.23. The molecule has 1 amide bonds. The molecule has 190 valence electrons. The van der Waals surface area contributed by atoms with Crippen LogP contribution in [0.25, 0.3) is 11.4 Å². The van der Waals surface area contributed by atoms with E-state index in [4.69, 9.17) is 9.47 Å². The third-order valence-electron chi connectivity index (χ3n) is 6.35. The summed E-state index contributed by atoms with van der Waals surface area (Å²) in [5, 5.41) is 17.5. The molecule has 0 saturated heterocycles. The van der Waals surface area contributed by atoms with E-state index >= 15 is 0 Å². The van der Waals surface area contributed by atoms with Gasteiger partial charge in [0.1, 0.15) is 23.7 Å². The monoisotopic (exact) mass is 493 g/mol. The Labute approximate surface area is 209 Å². The molecule has 36 heavy (non-hydrogen) atoms. The van der Waals surface area contributed by atoms with E-state index in [0.29, 0.717) is 42.2 Å². The highest BCUT2D eigenvalue weighted by Crippen LogP contribution is 2.29.